The van der Waals surface area contributed by atoms with Crippen LogP contribution in [0.4, 0.5) is 0 Å². The second-order valence-electron chi connectivity index (χ2n) is 18.3. The molecule has 0 aliphatic heterocycles. The summed E-state index contributed by atoms with van der Waals surface area (Å²) in [5.74, 6) is 2.15. The summed E-state index contributed by atoms with van der Waals surface area (Å²) in [6, 6.07) is 73.9. The van der Waals surface area contributed by atoms with Crippen molar-refractivity contribution in [1.29, 1.82) is 0 Å². The van der Waals surface area contributed by atoms with Gasteiger partial charge in [-0.2, -0.15) is 0 Å². The molecule has 0 fully saturated rings. The van der Waals surface area contributed by atoms with Crippen molar-refractivity contribution in [2.75, 3.05) is 0 Å². The zero-order valence-electron chi connectivity index (χ0n) is 36.7. The van der Waals surface area contributed by atoms with E-state index in [2.05, 4.69) is 159 Å². The smallest absolute Gasteiger partial charge is 0.164 e. The van der Waals surface area contributed by atoms with Gasteiger partial charge in [0.25, 0.3) is 0 Å². The first kappa shape index (κ1) is 38.3. The standard InChI is InChI=1S/C62H43N3O/c1-62(2)54-27-15-14-24-45(54)52-36-50-49-33-41(29-30-43(49)35-48(51(50)37-55(52)62)38-17-6-3-7-18-38)42-31-32-56-53(34-42)58-46(26-16-28-57(58)66-56)44-23-12-13-25-47(44)61-64-59(39-19-8-4-9-20-39)63-60(65-61)40-21-10-5-11-22-40/h3-34,36-37,48H,35H2,1-2H3. The predicted octanol–water partition coefficient (Wildman–Crippen LogP) is 15.8. The van der Waals surface area contributed by atoms with E-state index in [0.29, 0.717) is 17.5 Å². The quantitative estimate of drug-likeness (QED) is 0.167. The fraction of sp³-hybridized carbons (Fsp3) is 0.0806. The van der Waals surface area contributed by atoms with Gasteiger partial charge in [0.1, 0.15) is 11.2 Å². The molecule has 0 saturated heterocycles. The molecule has 13 rings (SSSR count). The lowest BCUT2D eigenvalue weighted by atomic mass is 9.72. The highest BCUT2D eigenvalue weighted by atomic mass is 16.3. The lowest BCUT2D eigenvalue weighted by molar-refractivity contribution is 0.657. The molecule has 0 bridgehead atoms. The lowest BCUT2D eigenvalue weighted by Crippen LogP contribution is -2.18. The Morgan fingerprint density at radius 3 is 1.76 bits per heavy atom. The van der Waals surface area contributed by atoms with Crippen LogP contribution >= 0.6 is 0 Å². The first-order chi connectivity index (χ1) is 32.5. The van der Waals surface area contributed by atoms with Crippen molar-refractivity contribution in [2.24, 2.45) is 0 Å². The van der Waals surface area contributed by atoms with E-state index in [-0.39, 0.29) is 11.3 Å². The summed E-state index contributed by atoms with van der Waals surface area (Å²) >= 11 is 0. The van der Waals surface area contributed by atoms with Crippen LogP contribution in [0.25, 0.3) is 101 Å². The molecule has 0 spiro atoms. The van der Waals surface area contributed by atoms with Crippen LogP contribution in [-0.2, 0) is 11.8 Å². The van der Waals surface area contributed by atoms with E-state index in [0.717, 1.165) is 61.7 Å². The number of aromatic nitrogens is 3. The van der Waals surface area contributed by atoms with Gasteiger partial charge < -0.3 is 4.42 Å². The van der Waals surface area contributed by atoms with Crippen molar-refractivity contribution in [1.82, 2.24) is 15.0 Å². The average molecular weight is 846 g/mol. The third-order valence-corrected chi connectivity index (χ3v) is 14.1. The van der Waals surface area contributed by atoms with Crippen molar-refractivity contribution >= 4 is 21.9 Å². The van der Waals surface area contributed by atoms with Gasteiger partial charge in [-0.05, 0) is 109 Å². The predicted molar refractivity (Wildman–Crippen MR) is 269 cm³/mol. The summed E-state index contributed by atoms with van der Waals surface area (Å²) in [5, 5.41) is 2.13. The van der Waals surface area contributed by atoms with Crippen molar-refractivity contribution in [3.63, 3.8) is 0 Å². The summed E-state index contributed by atoms with van der Waals surface area (Å²) in [7, 11) is 0. The van der Waals surface area contributed by atoms with Crippen LogP contribution in [-0.4, -0.2) is 15.0 Å². The number of rotatable bonds is 6. The van der Waals surface area contributed by atoms with Crippen LogP contribution in [0.3, 0.4) is 0 Å². The maximum absolute atomic E-state index is 6.64. The zero-order valence-corrected chi connectivity index (χ0v) is 36.7. The van der Waals surface area contributed by atoms with Crippen LogP contribution < -0.4 is 0 Å². The number of benzene rings is 9. The van der Waals surface area contributed by atoms with Gasteiger partial charge in [0.15, 0.2) is 17.5 Å². The van der Waals surface area contributed by atoms with E-state index >= 15 is 0 Å². The maximum Gasteiger partial charge on any atom is 0.164 e. The first-order valence-corrected chi connectivity index (χ1v) is 22.9. The SMILES string of the molecule is CC1(C)c2ccccc2-c2cc3c(cc21)C(c1ccccc1)Cc1ccc(-c2ccc4oc5cccc(-c6ccccc6-c6nc(-c7ccccc7)nc(-c7ccccc7)n6)c5c4c2)cc1-3. The average Bonchev–Trinajstić information content (AvgIpc) is 3.87. The van der Waals surface area contributed by atoms with Gasteiger partial charge in [0.2, 0.25) is 0 Å². The van der Waals surface area contributed by atoms with E-state index in [1.807, 2.05) is 60.7 Å². The molecule has 11 aromatic rings. The van der Waals surface area contributed by atoms with E-state index in [1.54, 1.807) is 0 Å². The summed E-state index contributed by atoms with van der Waals surface area (Å²) in [6.07, 6.45) is 0.952. The van der Waals surface area contributed by atoms with Gasteiger partial charge in [-0.3, -0.25) is 0 Å². The minimum Gasteiger partial charge on any atom is -0.456 e. The molecular weight excluding hydrogens is 803 g/mol. The Labute approximate surface area is 384 Å². The highest BCUT2D eigenvalue weighted by molar-refractivity contribution is 6.14. The van der Waals surface area contributed by atoms with Crippen molar-refractivity contribution in [2.45, 2.75) is 31.6 Å². The van der Waals surface area contributed by atoms with Crippen LogP contribution in [0, 0.1) is 0 Å². The van der Waals surface area contributed by atoms with Gasteiger partial charge in [-0.15, -0.1) is 0 Å². The largest absolute Gasteiger partial charge is 0.456 e. The highest BCUT2D eigenvalue weighted by Gasteiger charge is 2.38. The molecule has 1 atom stereocenters. The number of nitrogens with zero attached hydrogens (tertiary/aromatic N) is 3. The van der Waals surface area contributed by atoms with E-state index in [9.17, 15) is 0 Å². The van der Waals surface area contributed by atoms with Gasteiger partial charge >= 0.3 is 0 Å². The summed E-state index contributed by atoms with van der Waals surface area (Å²) < 4.78 is 6.64. The number of hydrogen-bond donors (Lipinski definition) is 0. The molecule has 4 heteroatoms. The van der Waals surface area contributed by atoms with Gasteiger partial charge in [-0.25, -0.2) is 15.0 Å². The second-order valence-corrected chi connectivity index (χ2v) is 18.3. The molecule has 312 valence electrons. The molecule has 0 N–H and O–H groups in total. The van der Waals surface area contributed by atoms with Crippen LogP contribution in [0.1, 0.15) is 47.6 Å². The van der Waals surface area contributed by atoms with Gasteiger partial charge in [0.05, 0.1) is 0 Å². The van der Waals surface area contributed by atoms with E-state index < -0.39 is 0 Å². The molecule has 2 aliphatic rings. The molecule has 2 aliphatic carbocycles. The highest BCUT2D eigenvalue weighted by Crippen LogP contribution is 2.54. The van der Waals surface area contributed by atoms with Crippen LogP contribution in [0.5, 0.6) is 0 Å². The molecule has 0 amide bonds. The maximum atomic E-state index is 6.64. The fourth-order valence-corrected chi connectivity index (χ4v) is 10.9. The van der Waals surface area contributed by atoms with Gasteiger partial charge in [-0.1, -0.05) is 190 Å². The summed E-state index contributed by atoms with van der Waals surface area (Å²) in [5.41, 5.74) is 21.1. The molecule has 4 nitrogen and oxygen atoms in total. The van der Waals surface area contributed by atoms with Crippen LogP contribution in [0.2, 0.25) is 0 Å². The first-order valence-electron chi connectivity index (χ1n) is 22.9. The summed E-state index contributed by atoms with van der Waals surface area (Å²) in [6.45, 7) is 4.76. The molecule has 9 aromatic carbocycles. The Hall–Kier alpha value is -8.21. The zero-order chi connectivity index (χ0) is 43.9. The Bertz CT molecular complexity index is 3640. The molecule has 0 radical (unpaired) electrons. The molecular formula is C62H43N3O. The Balaban J connectivity index is 0.957. The van der Waals surface area contributed by atoms with Crippen molar-refractivity contribution < 1.29 is 4.42 Å². The van der Waals surface area contributed by atoms with Crippen molar-refractivity contribution in [3.8, 4) is 78.7 Å². The monoisotopic (exact) mass is 845 g/mol. The number of fused-ring (bicyclic) bond motifs is 9. The normalized spacial score (nSPS) is 14.4. The molecule has 2 heterocycles. The Morgan fingerprint density at radius 1 is 0.409 bits per heavy atom. The van der Waals surface area contributed by atoms with E-state index in [4.69, 9.17) is 19.4 Å². The minimum atomic E-state index is -0.0754. The summed E-state index contributed by atoms with van der Waals surface area (Å²) in [4.78, 5) is 15.2. The minimum absolute atomic E-state index is 0.0754. The third kappa shape index (κ3) is 6.09. The Morgan fingerprint density at radius 2 is 1.02 bits per heavy atom. The number of hydrogen-bond acceptors (Lipinski definition) is 4. The molecule has 0 saturated carbocycles. The van der Waals surface area contributed by atoms with Crippen LogP contribution in [0.15, 0.2) is 211 Å². The molecule has 66 heavy (non-hydrogen) atoms. The van der Waals surface area contributed by atoms with Gasteiger partial charge in [0, 0.05) is 38.8 Å². The fourth-order valence-electron chi connectivity index (χ4n) is 10.9. The van der Waals surface area contributed by atoms with E-state index in [1.165, 1.54) is 55.6 Å². The topological polar surface area (TPSA) is 51.8 Å². The molecule has 1 unspecified atom stereocenters. The second kappa shape index (κ2) is 14.9. The molecule has 2 aromatic heterocycles. The lowest BCUT2D eigenvalue weighted by Gasteiger charge is -2.31. The third-order valence-electron chi connectivity index (χ3n) is 14.1. The Kier molecular flexibility index (Phi) is 8.66. The number of furan rings is 1. The van der Waals surface area contributed by atoms with Crippen molar-refractivity contribution in [3.05, 3.63) is 234 Å².